The lowest BCUT2D eigenvalue weighted by Crippen LogP contribution is -2.00. The van der Waals surface area contributed by atoms with E-state index >= 15 is 0 Å². The minimum absolute atomic E-state index is 0.783. The van der Waals surface area contributed by atoms with Crippen LogP contribution in [0.2, 0.25) is 0 Å². The summed E-state index contributed by atoms with van der Waals surface area (Å²) in [6.45, 7) is 2.87. The van der Waals surface area contributed by atoms with Gasteiger partial charge in [-0.3, -0.25) is 4.68 Å². The molecular formula is C7H13N3S. The minimum Gasteiger partial charge on any atom is -0.396 e. The second-order valence-electron chi connectivity index (χ2n) is 2.43. The molecule has 0 aliphatic carbocycles. The highest BCUT2D eigenvalue weighted by Gasteiger charge is 1.98. The SMILES string of the molecule is CSCCn1cc(N)c(C)n1. The average molecular weight is 171 g/mol. The molecule has 62 valence electrons. The summed E-state index contributed by atoms with van der Waals surface area (Å²) in [5.41, 5.74) is 7.33. The molecule has 4 heteroatoms. The maximum absolute atomic E-state index is 5.62. The molecule has 0 aliphatic heterocycles. The number of hydrogen-bond acceptors (Lipinski definition) is 3. The molecule has 0 saturated heterocycles. The second-order valence-corrected chi connectivity index (χ2v) is 3.41. The van der Waals surface area contributed by atoms with Crippen molar-refractivity contribution in [1.29, 1.82) is 0 Å². The Labute approximate surface area is 71.0 Å². The number of nitrogens with zero attached hydrogens (tertiary/aromatic N) is 2. The predicted octanol–water partition coefficient (Wildman–Crippen LogP) is 1.14. The summed E-state index contributed by atoms with van der Waals surface area (Å²) in [5.74, 6) is 1.08. The topological polar surface area (TPSA) is 43.8 Å². The van der Waals surface area contributed by atoms with Crippen LogP contribution in [0.5, 0.6) is 0 Å². The van der Waals surface area contributed by atoms with Crippen molar-refractivity contribution in [2.24, 2.45) is 0 Å². The Morgan fingerprint density at radius 3 is 2.91 bits per heavy atom. The monoisotopic (exact) mass is 171 g/mol. The first-order chi connectivity index (χ1) is 5.24. The van der Waals surface area contributed by atoms with E-state index in [1.165, 1.54) is 0 Å². The molecule has 0 aliphatic rings. The van der Waals surface area contributed by atoms with Gasteiger partial charge in [0, 0.05) is 11.9 Å². The average Bonchev–Trinajstić information content (AvgIpc) is 2.28. The van der Waals surface area contributed by atoms with Crippen LogP contribution >= 0.6 is 11.8 Å². The molecule has 3 nitrogen and oxygen atoms in total. The highest BCUT2D eigenvalue weighted by molar-refractivity contribution is 7.98. The number of nitrogen functional groups attached to an aromatic ring is 1. The lowest BCUT2D eigenvalue weighted by atomic mass is 10.4. The van der Waals surface area contributed by atoms with Crippen molar-refractivity contribution in [3.63, 3.8) is 0 Å². The van der Waals surface area contributed by atoms with E-state index in [1.807, 2.05) is 29.6 Å². The smallest absolute Gasteiger partial charge is 0.0822 e. The number of thioether (sulfide) groups is 1. The lowest BCUT2D eigenvalue weighted by Gasteiger charge is -1.96. The van der Waals surface area contributed by atoms with Crippen molar-refractivity contribution in [3.05, 3.63) is 11.9 Å². The third-order valence-electron chi connectivity index (χ3n) is 1.51. The number of anilines is 1. The van der Waals surface area contributed by atoms with Gasteiger partial charge in [-0.15, -0.1) is 0 Å². The molecule has 0 aromatic carbocycles. The summed E-state index contributed by atoms with van der Waals surface area (Å²) in [6.07, 6.45) is 3.96. The van der Waals surface area contributed by atoms with Gasteiger partial charge in [0.1, 0.15) is 0 Å². The second kappa shape index (κ2) is 3.67. The number of nitrogens with two attached hydrogens (primary N) is 1. The Morgan fingerprint density at radius 1 is 1.73 bits per heavy atom. The molecule has 0 bridgehead atoms. The number of hydrogen-bond donors (Lipinski definition) is 1. The quantitative estimate of drug-likeness (QED) is 0.741. The van der Waals surface area contributed by atoms with Gasteiger partial charge in [-0.1, -0.05) is 0 Å². The highest BCUT2D eigenvalue weighted by Crippen LogP contribution is 2.06. The molecule has 0 radical (unpaired) electrons. The Balaban J connectivity index is 2.58. The van der Waals surface area contributed by atoms with Crippen LogP contribution < -0.4 is 5.73 Å². The van der Waals surface area contributed by atoms with Crippen LogP contribution in [0.15, 0.2) is 6.20 Å². The zero-order chi connectivity index (χ0) is 8.27. The van der Waals surface area contributed by atoms with E-state index in [-0.39, 0.29) is 0 Å². The molecule has 11 heavy (non-hydrogen) atoms. The molecule has 2 N–H and O–H groups in total. The first-order valence-corrected chi connectivity index (χ1v) is 4.92. The molecule has 0 amide bonds. The zero-order valence-electron chi connectivity index (χ0n) is 6.87. The van der Waals surface area contributed by atoms with Crippen LogP contribution in [0.25, 0.3) is 0 Å². The van der Waals surface area contributed by atoms with E-state index in [9.17, 15) is 0 Å². The Hall–Kier alpha value is -0.640. The Kier molecular flexibility index (Phi) is 2.82. The van der Waals surface area contributed by atoms with Crippen molar-refractivity contribution in [1.82, 2.24) is 9.78 Å². The van der Waals surface area contributed by atoms with Crippen molar-refractivity contribution in [3.8, 4) is 0 Å². The molecule has 0 fully saturated rings. The number of aromatic nitrogens is 2. The van der Waals surface area contributed by atoms with Crippen molar-refractivity contribution in [2.45, 2.75) is 13.5 Å². The van der Waals surface area contributed by atoms with Crippen LogP contribution in [-0.4, -0.2) is 21.8 Å². The van der Waals surface area contributed by atoms with Crippen LogP contribution in [0.1, 0.15) is 5.69 Å². The van der Waals surface area contributed by atoms with E-state index in [0.29, 0.717) is 0 Å². The van der Waals surface area contributed by atoms with E-state index in [1.54, 1.807) is 0 Å². The van der Waals surface area contributed by atoms with Crippen LogP contribution in [0.3, 0.4) is 0 Å². The maximum Gasteiger partial charge on any atom is 0.0822 e. The largest absolute Gasteiger partial charge is 0.396 e. The fraction of sp³-hybridized carbons (Fsp3) is 0.571. The Morgan fingerprint density at radius 2 is 2.45 bits per heavy atom. The van der Waals surface area contributed by atoms with E-state index < -0.39 is 0 Å². The van der Waals surface area contributed by atoms with Gasteiger partial charge < -0.3 is 5.73 Å². The van der Waals surface area contributed by atoms with Gasteiger partial charge in [0.2, 0.25) is 0 Å². The first kappa shape index (κ1) is 8.46. The van der Waals surface area contributed by atoms with E-state index in [2.05, 4.69) is 11.4 Å². The fourth-order valence-corrected chi connectivity index (χ4v) is 1.20. The van der Waals surface area contributed by atoms with Gasteiger partial charge in [0.05, 0.1) is 17.9 Å². The summed E-state index contributed by atoms with van der Waals surface area (Å²) in [6, 6.07) is 0. The zero-order valence-corrected chi connectivity index (χ0v) is 7.69. The van der Waals surface area contributed by atoms with Crippen LogP contribution in [0.4, 0.5) is 5.69 Å². The summed E-state index contributed by atoms with van der Waals surface area (Å²) in [7, 11) is 0. The van der Waals surface area contributed by atoms with Crippen molar-refractivity contribution < 1.29 is 0 Å². The summed E-state index contributed by atoms with van der Waals surface area (Å²) in [4.78, 5) is 0. The molecule has 0 unspecified atom stereocenters. The third-order valence-corrected chi connectivity index (χ3v) is 2.10. The van der Waals surface area contributed by atoms with E-state index in [0.717, 1.165) is 23.7 Å². The van der Waals surface area contributed by atoms with E-state index in [4.69, 9.17) is 5.73 Å². The molecule has 0 spiro atoms. The third kappa shape index (κ3) is 2.15. The summed E-state index contributed by atoms with van der Waals surface area (Å²) in [5, 5.41) is 4.23. The molecule has 1 heterocycles. The van der Waals surface area contributed by atoms with Gasteiger partial charge in [0.25, 0.3) is 0 Å². The normalized spacial score (nSPS) is 10.4. The van der Waals surface area contributed by atoms with Crippen LogP contribution in [-0.2, 0) is 6.54 Å². The van der Waals surface area contributed by atoms with Crippen molar-refractivity contribution >= 4 is 17.4 Å². The maximum atomic E-state index is 5.62. The predicted molar refractivity (Wildman–Crippen MR) is 49.8 cm³/mol. The first-order valence-electron chi connectivity index (χ1n) is 3.52. The van der Waals surface area contributed by atoms with Gasteiger partial charge in [0.15, 0.2) is 0 Å². The fourth-order valence-electron chi connectivity index (χ4n) is 0.833. The molecular weight excluding hydrogens is 158 g/mol. The minimum atomic E-state index is 0.783. The lowest BCUT2D eigenvalue weighted by molar-refractivity contribution is 0.660. The van der Waals surface area contributed by atoms with Crippen molar-refractivity contribution in [2.75, 3.05) is 17.7 Å². The standard InChI is InChI=1S/C7H13N3S/c1-6-7(8)5-10(9-6)3-4-11-2/h5H,3-4,8H2,1-2H3. The number of rotatable bonds is 3. The van der Waals surface area contributed by atoms with Gasteiger partial charge in [-0.2, -0.15) is 16.9 Å². The van der Waals surface area contributed by atoms with Gasteiger partial charge >= 0.3 is 0 Å². The Bertz CT molecular complexity index is 212. The molecule has 0 saturated carbocycles. The molecule has 1 aromatic heterocycles. The number of aryl methyl sites for hydroxylation is 2. The molecule has 0 atom stereocenters. The van der Waals surface area contributed by atoms with Crippen LogP contribution in [0, 0.1) is 6.92 Å². The highest BCUT2D eigenvalue weighted by atomic mass is 32.2. The summed E-state index contributed by atoms with van der Waals surface area (Å²) >= 11 is 1.81. The molecule has 1 rings (SSSR count). The molecule has 1 aromatic rings. The van der Waals surface area contributed by atoms with Gasteiger partial charge in [-0.05, 0) is 13.2 Å². The summed E-state index contributed by atoms with van der Waals surface area (Å²) < 4.78 is 1.89. The van der Waals surface area contributed by atoms with Gasteiger partial charge in [-0.25, -0.2) is 0 Å².